The quantitative estimate of drug-likeness (QED) is 0.877. The van der Waals surface area contributed by atoms with Gasteiger partial charge in [0, 0.05) is 12.2 Å². The molecule has 20 heavy (non-hydrogen) atoms. The fraction of sp³-hybridized carbons (Fsp3) is 0.533. The Morgan fingerprint density at radius 1 is 1.40 bits per heavy atom. The van der Waals surface area contributed by atoms with Crippen LogP contribution < -0.4 is 10.6 Å². The number of carbonyl (C=O) groups excluding carboxylic acids is 1. The summed E-state index contributed by atoms with van der Waals surface area (Å²) in [6.07, 6.45) is 5.92. The van der Waals surface area contributed by atoms with Crippen molar-refractivity contribution in [3.05, 3.63) is 22.9 Å². The van der Waals surface area contributed by atoms with E-state index >= 15 is 0 Å². The molecular weight excluding hydrogens is 252 g/mol. The molecule has 0 spiro atoms. The Morgan fingerprint density at radius 3 is 2.95 bits per heavy atom. The summed E-state index contributed by atoms with van der Waals surface area (Å²) in [5.74, 6) is 0.320. The number of pyridine rings is 1. The lowest BCUT2D eigenvalue weighted by Crippen LogP contribution is -2.41. The SMILES string of the molecule is N#Cc1cc2c(nc1N1CCCC1C(N)=O)CCCC2. The van der Waals surface area contributed by atoms with Crippen LogP contribution in [-0.4, -0.2) is 23.5 Å². The summed E-state index contributed by atoms with van der Waals surface area (Å²) < 4.78 is 0. The fourth-order valence-corrected chi connectivity index (χ4v) is 3.24. The van der Waals surface area contributed by atoms with Crippen molar-refractivity contribution in [1.29, 1.82) is 5.26 Å². The van der Waals surface area contributed by atoms with Gasteiger partial charge in [0.1, 0.15) is 17.9 Å². The Morgan fingerprint density at radius 2 is 2.20 bits per heavy atom. The van der Waals surface area contributed by atoms with Gasteiger partial charge in [-0.05, 0) is 50.2 Å². The summed E-state index contributed by atoms with van der Waals surface area (Å²) in [4.78, 5) is 18.2. The molecule has 2 heterocycles. The van der Waals surface area contributed by atoms with Crippen LogP contribution in [0.5, 0.6) is 0 Å². The van der Waals surface area contributed by atoms with Crippen molar-refractivity contribution in [3.8, 4) is 6.07 Å². The Balaban J connectivity index is 2.04. The van der Waals surface area contributed by atoms with Crippen LogP contribution in [0.4, 0.5) is 5.82 Å². The zero-order valence-electron chi connectivity index (χ0n) is 11.4. The minimum atomic E-state index is -0.328. The monoisotopic (exact) mass is 270 g/mol. The molecule has 1 amide bonds. The Labute approximate surface area is 118 Å². The van der Waals surface area contributed by atoms with Crippen molar-refractivity contribution < 1.29 is 4.79 Å². The number of amides is 1. The standard InChI is InChI=1S/C15H18N4O/c16-9-11-8-10-4-1-2-5-12(10)18-15(11)19-7-3-6-13(19)14(17)20/h8,13H,1-7H2,(H2,17,20). The summed E-state index contributed by atoms with van der Waals surface area (Å²) in [6, 6.07) is 3.85. The highest BCUT2D eigenvalue weighted by molar-refractivity contribution is 5.84. The molecule has 2 aliphatic rings. The van der Waals surface area contributed by atoms with Crippen molar-refractivity contribution in [2.24, 2.45) is 5.73 Å². The van der Waals surface area contributed by atoms with E-state index in [1.165, 1.54) is 5.56 Å². The number of nitriles is 1. The topological polar surface area (TPSA) is 83.0 Å². The molecule has 0 bridgehead atoms. The van der Waals surface area contributed by atoms with Gasteiger partial charge in [0.2, 0.25) is 5.91 Å². The molecule has 1 aliphatic carbocycles. The maximum atomic E-state index is 11.5. The first-order valence-electron chi connectivity index (χ1n) is 7.19. The summed E-state index contributed by atoms with van der Waals surface area (Å²) in [5, 5.41) is 9.37. The van der Waals surface area contributed by atoms with Gasteiger partial charge in [-0.3, -0.25) is 4.79 Å². The van der Waals surface area contributed by atoms with Gasteiger partial charge in [-0.1, -0.05) is 0 Å². The molecule has 104 valence electrons. The third-order valence-electron chi connectivity index (χ3n) is 4.25. The molecule has 0 aromatic carbocycles. The largest absolute Gasteiger partial charge is 0.368 e. The van der Waals surface area contributed by atoms with Crippen molar-refractivity contribution >= 4 is 11.7 Å². The molecule has 1 saturated heterocycles. The zero-order chi connectivity index (χ0) is 14.1. The predicted octanol–water partition coefficient (Wildman–Crippen LogP) is 1.29. The van der Waals surface area contributed by atoms with Crippen molar-refractivity contribution in [2.45, 2.75) is 44.6 Å². The lowest BCUT2D eigenvalue weighted by Gasteiger charge is -2.26. The number of carbonyl (C=O) groups is 1. The van der Waals surface area contributed by atoms with Gasteiger partial charge in [-0.15, -0.1) is 0 Å². The fourth-order valence-electron chi connectivity index (χ4n) is 3.24. The van der Waals surface area contributed by atoms with E-state index in [2.05, 4.69) is 6.07 Å². The Bertz CT molecular complexity index is 590. The average molecular weight is 270 g/mol. The third kappa shape index (κ3) is 2.11. The lowest BCUT2D eigenvalue weighted by molar-refractivity contribution is -0.119. The molecule has 1 fully saturated rings. The lowest BCUT2D eigenvalue weighted by atomic mass is 9.95. The van der Waals surface area contributed by atoms with E-state index in [-0.39, 0.29) is 11.9 Å². The number of nitrogens with zero attached hydrogens (tertiary/aromatic N) is 3. The van der Waals surface area contributed by atoms with Gasteiger partial charge in [-0.2, -0.15) is 5.26 Å². The number of rotatable bonds is 2. The highest BCUT2D eigenvalue weighted by Gasteiger charge is 2.32. The minimum Gasteiger partial charge on any atom is -0.368 e. The van der Waals surface area contributed by atoms with E-state index < -0.39 is 0 Å². The number of anilines is 1. The maximum absolute atomic E-state index is 11.5. The van der Waals surface area contributed by atoms with E-state index in [0.29, 0.717) is 11.4 Å². The predicted molar refractivity (Wildman–Crippen MR) is 75.2 cm³/mol. The third-order valence-corrected chi connectivity index (χ3v) is 4.25. The van der Waals surface area contributed by atoms with Crippen LogP contribution in [0.2, 0.25) is 0 Å². The molecule has 5 heteroatoms. The normalized spacial score (nSPS) is 21.4. The second-order valence-electron chi connectivity index (χ2n) is 5.54. The second kappa shape index (κ2) is 5.12. The van der Waals surface area contributed by atoms with E-state index in [0.717, 1.165) is 50.8 Å². The molecule has 3 rings (SSSR count). The highest BCUT2D eigenvalue weighted by Crippen LogP contribution is 2.30. The van der Waals surface area contributed by atoms with E-state index in [4.69, 9.17) is 10.7 Å². The van der Waals surface area contributed by atoms with Crippen LogP contribution in [0.15, 0.2) is 6.07 Å². The molecule has 2 N–H and O–H groups in total. The highest BCUT2D eigenvalue weighted by atomic mass is 16.1. The van der Waals surface area contributed by atoms with Crippen LogP contribution in [0.25, 0.3) is 0 Å². The number of hydrogen-bond acceptors (Lipinski definition) is 4. The van der Waals surface area contributed by atoms with Gasteiger partial charge in [0.25, 0.3) is 0 Å². The number of aromatic nitrogens is 1. The second-order valence-corrected chi connectivity index (χ2v) is 5.54. The van der Waals surface area contributed by atoms with Crippen molar-refractivity contribution in [3.63, 3.8) is 0 Å². The first kappa shape index (κ1) is 12.9. The smallest absolute Gasteiger partial charge is 0.240 e. The molecular formula is C15H18N4O. The first-order chi connectivity index (χ1) is 9.70. The van der Waals surface area contributed by atoms with Gasteiger partial charge >= 0.3 is 0 Å². The Kier molecular flexibility index (Phi) is 3.31. The molecule has 5 nitrogen and oxygen atoms in total. The molecule has 1 aromatic heterocycles. The molecule has 0 saturated carbocycles. The van der Waals surface area contributed by atoms with Gasteiger partial charge in [-0.25, -0.2) is 4.98 Å². The van der Waals surface area contributed by atoms with Crippen LogP contribution >= 0.6 is 0 Å². The number of nitrogens with two attached hydrogens (primary N) is 1. The molecule has 1 unspecified atom stereocenters. The maximum Gasteiger partial charge on any atom is 0.240 e. The van der Waals surface area contributed by atoms with Crippen LogP contribution in [0, 0.1) is 11.3 Å². The van der Waals surface area contributed by atoms with E-state index in [9.17, 15) is 10.1 Å². The van der Waals surface area contributed by atoms with E-state index in [1.54, 1.807) is 0 Å². The summed E-state index contributed by atoms with van der Waals surface area (Å²) in [7, 11) is 0. The average Bonchev–Trinajstić information content (AvgIpc) is 2.95. The molecule has 1 atom stereocenters. The van der Waals surface area contributed by atoms with Crippen LogP contribution in [0.3, 0.4) is 0 Å². The summed E-state index contributed by atoms with van der Waals surface area (Å²) in [5.41, 5.74) is 8.30. The van der Waals surface area contributed by atoms with Crippen molar-refractivity contribution in [2.75, 3.05) is 11.4 Å². The van der Waals surface area contributed by atoms with Crippen LogP contribution in [0.1, 0.15) is 42.5 Å². The van der Waals surface area contributed by atoms with Gasteiger partial charge < -0.3 is 10.6 Å². The first-order valence-corrected chi connectivity index (χ1v) is 7.19. The number of fused-ring (bicyclic) bond motifs is 1. The summed E-state index contributed by atoms with van der Waals surface area (Å²) in [6.45, 7) is 0.744. The summed E-state index contributed by atoms with van der Waals surface area (Å²) >= 11 is 0. The number of aryl methyl sites for hydroxylation is 2. The Hall–Kier alpha value is -2.09. The molecule has 1 aliphatic heterocycles. The molecule has 0 radical (unpaired) electrons. The van der Waals surface area contributed by atoms with E-state index in [1.807, 2.05) is 11.0 Å². The number of primary amides is 1. The van der Waals surface area contributed by atoms with Crippen LogP contribution in [-0.2, 0) is 17.6 Å². The zero-order valence-corrected chi connectivity index (χ0v) is 11.4. The van der Waals surface area contributed by atoms with Gasteiger partial charge in [0.15, 0.2) is 0 Å². The van der Waals surface area contributed by atoms with Crippen molar-refractivity contribution in [1.82, 2.24) is 4.98 Å². The molecule has 1 aromatic rings. The number of hydrogen-bond donors (Lipinski definition) is 1. The minimum absolute atomic E-state index is 0.323. The van der Waals surface area contributed by atoms with Gasteiger partial charge in [0.05, 0.1) is 5.56 Å².